The maximum atomic E-state index is 13.7. The van der Waals surface area contributed by atoms with Crippen LogP contribution in [-0.2, 0) is 6.54 Å². The molecule has 2 aromatic rings. The molecule has 0 saturated carbocycles. The van der Waals surface area contributed by atoms with Gasteiger partial charge in [0.25, 0.3) is 0 Å². The quantitative estimate of drug-likeness (QED) is 0.904. The Morgan fingerprint density at radius 1 is 1.11 bits per heavy atom. The summed E-state index contributed by atoms with van der Waals surface area (Å²) < 4.78 is 32.6. The molecular formula is C13H9Cl2F2NO. The third kappa shape index (κ3) is 2.97. The van der Waals surface area contributed by atoms with Crippen LogP contribution in [-0.4, -0.2) is 0 Å². The number of hydrogen-bond acceptors (Lipinski definition) is 2. The van der Waals surface area contributed by atoms with Crippen LogP contribution in [0.2, 0.25) is 10.0 Å². The van der Waals surface area contributed by atoms with Gasteiger partial charge in [-0.3, -0.25) is 0 Å². The maximum absolute atomic E-state index is 13.7. The first-order valence-electron chi connectivity index (χ1n) is 5.32. The molecule has 2 nitrogen and oxygen atoms in total. The molecule has 0 aliphatic carbocycles. The number of halogens is 4. The lowest BCUT2D eigenvalue weighted by Crippen LogP contribution is -2.00. The second-order valence-corrected chi connectivity index (χ2v) is 4.53. The van der Waals surface area contributed by atoms with E-state index in [1.165, 1.54) is 6.07 Å². The smallest absolute Gasteiger partial charge is 0.198 e. The van der Waals surface area contributed by atoms with Crippen molar-refractivity contribution < 1.29 is 13.5 Å². The van der Waals surface area contributed by atoms with Gasteiger partial charge in [0.05, 0.1) is 5.02 Å². The molecule has 0 aliphatic heterocycles. The molecule has 0 bridgehead atoms. The van der Waals surface area contributed by atoms with Crippen LogP contribution in [0, 0.1) is 11.6 Å². The maximum Gasteiger partial charge on any atom is 0.198 e. The van der Waals surface area contributed by atoms with E-state index in [0.29, 0.717) is 5.56 Å². The fourth-order valence-electron chi connectivity index (χ4n) is 1.50. The van der Waals surface area contributed by atoms with Gasteiger partial charge in [0.1, 0.15) is 10.8 Å². The fourth-order valence-corrected chi connectivity index (χ4v) is 1.83. The normalized spacial score (nSPS) is 10.6. The summed E-state index contributed by atoms with van der Waals surface area (Å²) in [5.41, 5.74) is 5.65. The predicted octanol–water partition coefficient (Wildman–Crippen LogP) is 4.52. The van der Waals surface area contributed by atoms with Gasteiger partial charge in [-0.25, -0.2) is 8.78 Å². The molecule has 0 spiro atoms. The van der Waals surface area contributed by atoms with Gasteiger partial charge in [-0.1, -0.05) is 29.3 Å². The second kappa shape index (κ2) is 5.74. The summed E-state index contributed by atoms with van der Waals surface area (Å²) in [6, 6.07) is 6.78. The van der Waals surface area contributed by atoms with Crippen molar-refractivity contribution in [3.63, 3.8) is 0 Å². The van der Waals surface area contributed by atoms with Crippen LogP contribution in [0.4, 0.5) is 8.78 Å². The Bertz CT molecular complexity index is 597. The molecule has 0 aliphatic rings. The molecule has 0 atom stereocenters. The summed E-state index contributed by atoms with van der Waals surface area (Å²) in [5.74, 6) is -2.16. The molecule has 19 heavy (non-hydrogen) atoms. The van der Waals surface area contributed by atoms with E-state index in [4.69, 9.17) is 33.7 Å². The van der Waals surface area contributed by atoms with Crippen molar-refractivity contribution in [1.82, 2.24) is 0 Å². The van der Waals surface area contributed by atoms with Gasteiger partial charge >= 0.3 is 0 Å². The molecule has 100 valence electrons. The van der Waals surface area contributed by atoms with E-state index >= 15 is 0 Å². The fraction of sp³-hybridized carbons (Fsp3) is 0.0769. The Morgan fingerprint density at radius 2 is 1.74 bits per heavy atom. The molecule has 0 amide bonds. The van der Waals surface area contributed by atoms with Gasteiger partial charge in [0, 0.05) is 6.54 Å². The minimum absolute atomic E-state index is 0.0338. The summed E-state index contributed by atoms with van der Waals surface area (Å²) in [5, 5.41) is 0.324. The average molecular weight is 304 g/mol. The molecule has 0 radical (unpaired) electrons. The molecule has 2 rings (SSSR count). The van der Waals surface area contributed by atoms with Crippen molar-refractivity contribution in [2.45, 2.75) is 6.54 Å². The number of hydrogen-bond donors (Lipinski definition) is 1. The Morgan fingerprint density at radius 3 is 2.32 bits per heavy atom. The first kappa shape index (κ1) is 14.1. The molecule has 0 heterocycles. The van der Waals surface area contributed by atoms with Crippen molar-refractivity contribution >= 4 is 23.2 Å². The van der Waals surface area contributed by atoms with Gasteiger partial charge < -0.3 is 10.5 Å². The zero-order valence-electron chi connectivity index (χ0n) is 9.59. The molecule has 0 aromatic heterocycles. The molecular weight excluding hydrogens is 295 g/mol. The highest BCUT2D eigenvalue weighted by molar-refractivity contribution is 6.42. The summed E-state index contributed by atoms with van der Waals surface area (Å²) in [6.07, 6.45) is 0. The van der Waals surface area contributed by atoms with Crippen LogP contribution < -0.4 is 10.5 Å². The molecule has 0 unspecified atom stereocenters. The highest BCUT2D eigenvalue weighted by atomic mass is 35.5. The van der Waals surface area contributed by atoms with Crippen LogP contribution in [0.3, 0.4) is 0 Å². The zero-order chi connectivity index (χ0) is 14.0. The van der Waals surface area contributed by atoms with Crippen LogP contribution in [0.5, 0.6) is 11.5 Å². The van der Waals surface area contributed by atoms with Crippen molar-refractivity contribution in [3.05, 3.63) is 57.6 Å². The monoisotopic (exact) mass is 303 g/mol. The van der Waals surface area contributed by atoms with Crippen LogP contribution in [0.15, 0.2) is 30.3 Å². The largest absolute Gasteiger partial charge is 0.450 e. The highest BCUT2D eigenvalue weighted by Crippen LogP contribution is 2.36. The van der Waals surface area contributed by atoms with Gasteiger partial charge in [-0.2, -0.15) is 0 Å². The first-order valence-corrected chi connectivity index (χ1v) is 6.08. The number of ether oxygens (including phenoxy) is 1. The van der Waals surface area contributed by atoms with Crippen molar-refractivity contribution in [3.8, 4) is 11.5 Å². The molecule has 6 heteroatoms. The topological polar surface area (TPSA) is 35.2 Å². The molecule has 2 aromatic carbocycles. The first-order chi connectivity index (χ1) is 9.02. The van der Waals surface area contributed by atoms with E-state index in [1.807, 2.05) is 0 Å². The van der Waals surface area contributed by atoms with Crippen molar-refractivity contribution in [1.29, 1.82) is 0 Å². The van der Waals surface area contributed by atoms with Crippen molar-refractivity contribution in [2.75, 3.05) is 0 Å². The standard InChI is InChI=1S/C13H9Cl2F2NO/c14-8-2-1-3-11(12(8)15)19-13-9(16)4-7(6-18)5-10(13)17/h1-5H,6,18H2. The second-order valence-electron chi connectivity index (χ2n) is 3.75. The van der Waals surface area contributed by atoms with Crippen LogP contribution in [0.1, 0.15) is 5.56 Å². The number of nitrogens with two attached hydrogens (primary N) is 1. The van der Waals surface area contributed by atoms with Crippen LogP contribution in [0.25, 0.3) is 0 Å². The summed E-state index contributed by atoms with van der Waals surface area (Å²) in [6.45, 7) is 0.0338. The van der Waals surface area contributed by atoms with Gasteiger partial charge in [0.15, 0.2) is 17.4 Å². The predicted molar refractivity (Wildman–Crippen MR) is 70.8 cm³/mol. The third-order valence-corrected chi connectivity index (χ3v) is 3.22. The van der Waals surface area contributed by atoms with E-state index in [1.54, 1.807) is 12.1 Å². The van der Waals surface area contributed by atoms with E-state index in [9.17, 15) is 8.78 Å². The summed E-state index contributed by atoms with van der Waals surface area (Å²) >= 11 is 11.7. The lowest BCUT2D eigenvalue weighted by Gasteiger charge is -2.11. The van der Waals surface area contributed by atoms with Crippen LogP contribution >= 0.6 is 23.2 Å². The molecule has 0 fully saturated rings. The Kier molecular flexibility index (Phi) is 4.24. The highest BCUT2D eigenvalue weighted by Gasteiger charge is 2.15. The van der Waals surface area contributed by atoms with E-state index in [0.717, 1.165) is 12.1 Å². The van der Waals surface area contributed by atoms with Gasteiger partial charge in [-0.05, 0) is 29.8 Å². The third-order valence-electron chi connectivity index (χ3n) is 2.42. The Labute approximate surface area is 118 Å². The van der Waals surface area contributed by atoms with Gasteiger partial charge in [0.2, 0.25) is 0 Å². The minimum Gasteiger partial charge on any atom is -0.450 e. The van der Waals surface area contributed by atoms with E-state index in [2.05, 4.69) is 0 Å². The Balaban J connectivity index is 2.41. The minimum atomic E-state index is -0.850. The summed E-state index contributed by atoms with van der Waals surface area (Å²) in [4.78, 5) is 0. The number of rotatable bonds is 3. The van der Waals surface area contributed by atoms with E-state index in [-0.39, 0.29) is 22.3 Å². The molecule has 0 saturated heterocycles. The summed E-state index contributed by atoms with van der Waals surface area (Å²) in [7, 11) is 0. The van der Waals surface area contributed by atoms with E-state index < -0.39 is 17.4 Å². The zero-order valence-corrected chi connectivity index (χ0v) is 11.1. The number of benzene rings is 2. The Hall–Kier alpha value is -1.36. The van der Waals surface area contributed by atoms with Gasteiger partial charge in [-0.15, -0.1) is 0 Å². The SMILES string of the molecule is NCc1cc(F)c(Oc2cccc(Cl)c2Cl)c(F)c1. The average Bonchev–Trinajstić information content (AvgIpc) is 2.38. The molecule has 2 N–H and O–H groups in total. The lowest BCUT2D eigenvalue weighted by atomic mass is 10.2. The van der Waals surface area contributed by atoms with Crippen molar-refractivity contribution in [2.24, 2.45) is 5.73 Å². The lowest BCUT2D eigenvalue weighted by molar-refractivity contribution is 0.406.